The Morgan fingerprint density at radius 3 is 2.68 bits per heavy atom. The second-order valence-corrected chi connectivity index (χ2v) is 6.15. The van der Waals surface area contributed by atoms with E-state index < -0.39 is 5.82 Å². The lowest BCUT2D eigenvalue weighted by atomic mass is 10.2. The maximum absolute atomic E-state index is 13.4. The summed E-state index contributed by atoms with van der Waals surface area (Å²) in [6.45, 7) is 0.929. The van der Waals surface area contributed by atoms with Gasteiger partial charge in [0.2, 0.25) is 0 Å². The molecule has 0 aliphatic carbocycles. The van der Waals surface area contributed by atoms with E-state index in [9.17, 15) is 9.50 Å². The molecule has 1 heterocycles. The Morgan fingerprint density at radius 2 is 2.00 bits per heavy atom. The van der Waals surface area contributed by atoms with Crippen LogP contribution >= 0.6 is 24.0 Å². The fourth-order valence-corrected chi connectivity index (χ4v) is 2.73. The van der Waals surface area contributed by atoms with Crippen LogP contribution in [0, 0.1) is 5.82 Å². The van der Waals surface area contributed by atoms with E-state index in [4.69, 9.17) is 0 Å². The molecule has 0 saturated heterocycles. The summed E-state index contributed by atoms with van der Waals surface area (Å²) < 4.78 is 13.4. The largest absolute Gasteiger partial charge is 0.505 e. The van der Waals surface area contributed by atoms with Crippen LogP contribution in [-0.4, -0.2) is 40.0 Å². The van der Waals surface area contributed by atoms with Gasteiger partial charge in [-0.2, -0.15) is 0 Å². The van der Waals surface area contributed by atoms with E-state index in [1.54, 1.807) is 13.1 Å². The highest BCUT2D eigenvalue weighted by atomic mass is 127. The second-order valence-electron chi connectivity index (χ2n) is 6.15. The third-order valence-electron chi connectivity index (χ3n) is 4.14. The molecule has 3 aromatic rings. The van der Waals surface area contributed by atoms with Crippen molar-refractivity contribution in [3.05, 3.63) is 71.9 Å². The molecular weight excluding hydrogens is 472 g/mol. The standard InChI is InChI=1S/C20H22FN5O.HI/c1-22-20(24-11-14-8-9-18(27)16(21)10-14)26(2)13-19-23-12-17(25-19)15-6-4-3-5-7-15;/h3-10,12,27H,11,13H2,1-2H3,(H,22,24)(H,23,25);1H. The van der Waals surface area contributed by atoms with E-state index in [1.165, 1.54) is 12.1 Å². The van der Waals surface area contributed by atoms with Crippen molar-refractivity contribution in [2.75, 3.05) is 14.1 Å². The van der Waals surface area contributed by atoms with Crippen LogP contribution in [0.1, 0.15) is 11.4 Å². The van der Waals surface area contributed by atoms with Crippen LogP contribution in [0.5, 0.6) is 5.75 Å². The number of nitrogens with zero attached hydrogens (tertiary/aromatic N) is 3. The Kier molecular flexibility index (Phi) is 7.80. The van der Waals surface area contributed by atoms with Gasteiger partial charge in [0, 0.05) is 20.6 Å². The number of benzene rings is 2. The Hall–Kier alpha value is -2.62. The fraction of sp³-hybridized carbons (Fsp3) is 0.200. The number of guanidine groups is 1. The number of imidazole rings is 1. The SMILES string of the molecule is CN=C(NCc1ccc(O)c(F)c1)N(C)Cc1ncc(-c2ccccc2)[nH]1.I. The molecule has 0 atom stereocenters. The van der Waals surface area contributed by atoms with Crippen molar-refractivity contribution >= 4 is 29.9 Å². The molecule has 3 N–H and O–H groups in total. The Balaban J connectivity index is 0.00000280. The molecule has 3 rings (SSSR count). The zero-order valence-electron chi connectivity index (χ0n) is 15.7. The summed E-state index contributed by atoms with van der Waals surface area (Å²) in [5.74, 6) is 0.477. The van der Waals surface area contributed by atoms with E-state index in [1.807, 2.05) is 48.5 Å². The third kappa shape index (κ3) is 5.44. The zero-order chi connectivity index (χ0) is 19.2. The summed E-state index contributed by atoms with van der Waals surface area (Å²) in [4.78, 5) is 13.9. The minimum Gasteiger partial charge on any atom is -0.505 e. The molecule has 1 aromatic heterocycles. The molecule has 0 fully saturated rings. The Labute approximate surface area is 180 Å². The van der Waals surface area contributed by atoms with E-state index in [0.717, 1.165) is 17.1 Å². The lowest BCUT2D eigenvalue weighted by Crippen LogP contribution is -2.38. The van der Waals surface area contributed by atoms with Crippen LogP contribution in [-0.2, 0) is 13.1 Å². The predicted octanol–water partition coefficient (Wildman–Crippen LogP) is 3.75. The summed E-state index contributed by atoms with van der Waals surface area (Å²) in [6.07, 6.45) is 1.81. The van der Waals surface area contributed by atoms with Crippen LogP contribution < -0.4 is 5.32 Å². The van der Waals surface area contributed by atoms with Gasteiger partial charge in [-0.3, -0.25) is 4.99 Å². The van der Waals surface area contributed by atoms with E-state index in [-0.39, 0.29) is 29.7 Å². The average molecular weight is 495 g/mol. The van der Waals surface area contributed by atoms with Gasteiger partial charge in [0.05, 0.1) is 18.4 Å². The number of rotatable bonds is 5. The van der Waals surface area contributed by atoms with E-state index in [2.05, 4.69) is 20.3 Å². The normalized spacial score (nSPS) is 11.0. The van der Waals surface area contributed by atoms with Gasteiger partial charge in [0.15, 0.2) is 17.5 Å². The first-order valence-electron chi connectivity index (χ1n) is 8.55. The van der Waals surface area contributed by atoms with Crippen molar-refractivity contribution in [3.8, 4) is 17.0 Å². The van der Waals surface area contributed by atoms with Gasteiger partial charge in [-0.15, -0.1) is 24.0 Å². The predicted molar refractivity (Wildman–Crippen MR) is 119 cm³/mol. The van der Waals surface area contributed by atoms with Crippen molar-refractivity contribution in [2.24, 2.45) is 4.99 Å². The number of aliphatic imine (C=N–C) groups is 1. The maximum atomic E-state index is 13.4. The summed E-state index contributed by atoms with van der Waals surface area (Å²) in [6, 6.07) is 14.3. The Morgan fingerprint density at radius 1 is 1.25 bits per heavy atom. The van der Waals surface area contributed by atoms with Crippen LogP contribution in [0.3, 0.4) is 0 Å². The molecule has 0 saturated carbocycles. The minimum absolute atomic E-state index is 0. The van der Waals surface area contributed by atoms with Crippen molar-refractivity contribution in [3.63, 3.8) is 0 Å². The van der Waals surface area contributed by atoms with E-state index in [0.29, 0.717) is 24.6 Å². The number of phenolic OH excluding ortho intramolecular Hbond substituents is 1. The topological polar surface area (TPSA) is 76.5 Å². The van der Waals surface area contributed by atoms with Crippen LogP contribution in [0.15, 0.2) is 59.7 Å². The van der Waals surface area contributed by atoms with Gasteiger partial charge in [0.25, 0.3) is 0 Å². The number of aromatic hydroxyl groups is 1. The average Bonchev–Trinajstić information content (AvgIpc) is 3.14. The minimum atomic E-state index is -0.637. The smallest absolute Gasteiger partial charge is 0.194 e. The summed E-state index contributed by atoms with van der Waals surface area (Å²) in [5, 5.41) is 12.4. The van der Waals surface area contributed by atoms with Gasteiger partial charge in [-0.1, -0.05) is 36.4 Å². The van der Waals surface area contributed by atoms with Gasteiger partial charge in [-0.25, -0.2) is 9.37 Å². The summed E-state index contributed by atoms with van der Waals surface area (Å²) in [5.41, 5.74) is 2.75. The molecule has 0 aliphatic heterocycles. The highest BCUT2D eigenvalue weighted by Gasteiger charge is 2.10. The van der Waals surface area contributed by atoms with Crippen molar-refractivity contribution in [2.45, 2.75) is 13.1 Å². The number of halogens is 2. The molecular formula is C20H23FIN5O. The molecule has 6 nitrogen and oxygen atoms in total. The molecule has 0 radical (unpaired) electrons. The number of hydrogen-bond acceptors (Lipinski definition) is 3. The monoisotopic (exact) mass is 495 g/mol. The number of hydrogen-bond donors (Lipinski definition) is 3. The second kappa shape index (κ2) is 10.1. The summed E-state index contributed by atoms with van der Waals surface area (Å²) >= 11 is 0. The van der Waals surface area contributed by atoms with E-state index >= 15 is 0 Å². The van der Waals surface area contributed by atoms with Gasteiger partial charge >= 0.3 is 0 Å². The first-order valence-corrected chi connectivity index (χ1v) is 8.55. The van der Waals surface area contributed by atoms with Crippen molar-refractivity contribution in [1.82, 2.24) is 20.2 Å². The molecule has 0 bridgehead atoms. The van der Waals surface area contributed by atoms with Crippen LogP contribution in [0.25, 0.3) is 11.3 Å². The summed E-state index contributed by atoms with van der Waals surface area (Å²) in [7, 11) is 3.59. The molecule has 0 unspecified atom stereocenters. The van der Waals surface area contributed by atoms with Gasteiger partial charge < -0.3 is 20.3 Å². The fourth-order valence-electron chi connectivity index (χ4n) is 2.73. The highest BCUT2D eigenvalue weighted by molar-refractivity contribution is 14.0. The number of nitrogens with one attached hydrogen (secondary N) is 2. The van der Waals surface area contributed by atoms with Crippen molar-refractivity contribution < 1.29 is 9.50 Å². The zero-order valence-corrected chi connectivity index (χ0v) is 18.0. The van der Waals surface area contributed by atoms with Crippen LogP contribution in [0.4, 0.5) is 4.39 Å². The molecule has 2 aromatic carbocycles. The maximum Gasteiger partial charge on any atom is 0.194 e. The molecule has 8 heteroatoms. The molecule has 28 heavy (non-hydrogen) atoms. The van der Waals surface area contributed by atoms with Gasteiger partial charge in [0.1, 0.15) is 5.82 Å². The molecule has 148 valence electrons. The highest BCUT2D eigenvalue weighted by Crippen LogP contribution is 2.17. The number of aromatic amines is 1. The van der Waals surface area contributed by atoms with Crippen molar-refractivity contribution in [1.29, 1.82) is 0 Å². The number of phenols is 1. The molecule has 0 amide bonds. The molecule has 0 aliphatic rings. The quantitative estimate of drug-likeness (QED) is 0.287. The number of aromatic nitrogens is 2. The first-order chi connectivity index (χ1) is 13.1. The van der Waals surface area contributed by atoms with Crippen LogP contribution in [0.2, 0.25) is 0 Å². The lowest BCUT2D eigenvalue weighted by molar-refractivity contribution is 0.431. The first kappa shape index (κ1) is 21.7. The molecule has 0 spiro atoms. The number of H-pyrrole nitrogens is 1. The Bertz CT molecular complexity index is 929. The lowest BCUT2D eigenvalue weighted by Gasteiger charge is -2.21. The van der Waals surface area contributed by atoms with Gasteiger partial charge in [-0.05, 0) is 23.3 Å². The third-order valence-corrected chi connectivity index (χ3v) is 4.14.